The van der Waals surface area contributed by atoms with Crippen LogP contribution in [-0.4, -0.2) is 42.7 Å². The van der Waals surface area contributed by atoms with Crippen molar-refractivity contribution in [3.05, 3.63) is 30.0 Å². The lowest BCUT2D eigenvalue weighted by Crippen LogP contribution is -2.38. The molecule has 110 valence electrons. The van der Waals surface area contributed by atoms with Crippen LogP contribution in [0.25, 0.3) is 11.3 Å². The molecular weight excluding hydrogens is 278 g/mol. The van der Waals surface area contributed by atoms with E-state index in [1.165, 1.54) is 6.07 Å². The van der Waals surface area contributed by atoms with Gasteiger partial charge in [-0.25, -0.2) is 4.79 Å². The molecule has 0 radical (unpaired) electrons. The molecule has 1 saturated heterocycles. The summed E-state index contributed by atoms with van der Waals surface area (Å²) >= 11 is 0. The smallest absolute Gasteiger partial charge is 0.358 e. The minimum absolute atomic E-state index is 0.00143. The molecule has 7 nitrogen and oxygen atoms in total. The third kappa shape index (κ3) is 2.68. The summed E-state index contributed by atoms with van der Waals surface area (Å²) in [6.45, 7) is 1.08. The third-order valence-electron chi connectivity index (χ3n) is 3.08. The van der Waals surface area contributed by atoms with Gasteiger partial charge in [0.05, 0.1) is 20.3 Å². The van der Waals surface area contributed by atoms with Gasteiger partial charge in [0.2, 0.25) is 0 Å². The summed E-state index contributed by atoms with van der Waals surface area (Å²) in [4.78, 5) is 10.8. The van der Waals surface area contributed by atoms with E-state index in [0.717, 1.165) is 0 Å². The summed E-state index contributed by atoms with van der Waals surface area (Å²) in [5.41, 5.74) is 0.515. The Kier molecular flexibility index (Phi) is 3.49. The maximum atomic E-state index is 10.8. The van der Waals surface area contributed by atoms with E-state index in [4.69, 9.17) is 23.8 Å². The zero-order chi connectivity index (χ0) is 14.8. The van der Waals surface area contributed by atoms with Crippen LogP contribution < -0.4 is 9.47 Å². The average Bonchev–Trinajstić information content (AvgIpc) is 2.92. The number of carbonyl (C=O) groups is 1. The molecule has 1 aliphatic rings. The number of rotatable bonds is 5. The zero-order valence-corrected chi connectivity index (χ0v) is 11.2. The molecule has 2 aromatic rings. The van der Waals surface area contributed by atoms with Crippen LogP contribution in [0.5, 0.6) is 11.5 Å². The first kappa shape index (κ1) is 13.4. The zero-order valence-electron chi connectivity index (χ0n) is 11.2. The second-order valence-corrected chi connectivity index (χ2v) is 4.52. The van der Waals surface area contributed by atoms with Crippen LogP contribution in [0.1, 0.15) is 10.5 Å². The van der Waals surface area contributed by atoms with Crippen LogP contribution in [0.15, 0.2) is 28.8 Å². The average molecular weight is 291 g/mol. The lowest BCUT2D eigenvalue weighted by Gasteiger charge is -2.27. The number of aromatic carboxylic acids is 1. The summed E-state index contributed by atoms with van der Waals surface area (Å²) in [6, 6.07) is 6.56. The molecule has 21 heavy (non-hydrogen) atoms. The molecule has 0 amide bonds. The number of nitrogens with zero attached hydrogens (tertiary/aromatic N) is 1. The molecule has 1 aromatic carbocycles. The summed E-state index contributed by atoms with van der Waals surface area (Å²) in [5.74, 6) is 0.353. The molecule has 7 heteroatoms. The van der Waals surface area contributed by atoms with Gasteiger partial charge in [-0.2, -0.15) is 0 Å². The first-order chi connectivity index (χ1) is 10.2. The number of carboxylic acids is 1. The van der Waals surface area contributed by atoms with Gasteiger partial charge >= 0.3 is 5.97 Å². The molecule has 0 aliphatic carbocycles. The number of carboxylic acid groups (broad SMARTS) is 1. The molecule has 1 aromatic heterocycles. The first-order valence-electron chi connectivity index (χ1n) is 6.30. The summed E-state index contributed by atoms with van der Waals surface area (Å²) < 4.78 is 21.1. The Balaban J connectivity index is 1.90. The van der Waals surface area contributed by atoms with E-state index in [2.05, 4.69) is 5.16 Å². The topological polar surface area (TPSA) is 91.0 Å². The van der Waals surface area contributed by atoms with E-state index in [1.54, 1.807) is 25.3 Å². The molecular formula is C14H13NO6. The molecule has 1 aliphatic heterocycles. The van der Waals surface area contributed by atoms with Crippen molar-refractivity contribution in [2.75, 3.05) is 20.3 Å². The predicted molar refractivity (Wildman–Crippen MR) is 70.7 cm³/mol. The van der Waals surface area contributed by atoms with Gasteiger partial charge in [0, 0.05) is 11.6 Å². The Morgan fingerprint density at radius 1 is 1.33 bits per heavy atom. The number of ether oxygens (including phenoxy) is 3. The van der Waals surface area contributed by atoms with Crippen molar-refractivity contribution in [3.63, 3.8) is 0 Å². The minimum atomic E-state index is -1.14. The molecule has 0 unspecified atom stereocenters. The van der Waals surface area contributed by atoms with Crippen LogP contribution in [0.4, 0.5) is 0 Å². The van der Waals surface area contributed by atoms with E-state index in [0.29, 0.717) is 36.0 Å². The van der Waals surface area contributed by atoms with E-state index in [9.17, 15) is 4.79 Å². The lowest BCUT2D eigenvalue weighted by atomic mass is 10.1. The molecule has 0 saturated carbocycles. The van der Waals surface area contributed by atoms with Gasteiger partial charge < -0.3 is 23.8 Å². The summed E-state index contributed by atoms with van der Waals surface area (Å²) in [7, 11) is 1.55. The van der Waals surface area contributed by atoms with Crippen molar-refractivity contribution in [2.45, 2.75) is 6.10 Å². The summed E-state index contributed by atoms with van der Waals surface area (Å²) in [5, 5.41) is 12.3. The first-order valence-corrected chi connectivity index (χ1v) is 6.30. The number of methoxy groups -OCH3 is 1. The second kappa shape index (κ2) is 5.45. The van der Waals surface area contributed by atoms with Gasteiger partial charge in [-0.15, -0.1) is 0 Å². The number of benzene rings is 1. The van der Waals surface area contributed by atoms with E-state index >= 15 is 0 Å². The fourth-order valence-corrected chi connectivity index (χ4v) is 1.90. The SMILES string of the molecule is COc1ccc(-c2cc(C(=O)O)no2)cc1OC1COC1. The van der Waals surface area contributed by atoms with Gasteiger partial charge in [0.25, 0.3) is 0 Å². The van der Waals surface area contributed by atoms with Gasteiger partial charge in [-0.05, 0) is 18.2 Å². The van der Waals surface area contributed by atoms with E-state index < -0.39 is 5.97 Å². The molecule has 0 atom stereocenters. The number of hydrogen-bond donors (Lipinski definition) is 1. The normalized spacial score (nSPS) is 14.5. The van der Waals surface area contributed by atoms with Gasteiger partial charge in [0.15, 0.2) is 23.0 Å². The number of aromatic nitrogens is 1. The van der Waals surface area contributed by atoms with Crippen molar-refractivity contribution in [2.24, 2.45) is 0 Å². The van der Waals surface area contributed by atoms with E-state index in [1.807, 2.05) is 0 Å². The Morgan fingerprint density at radius 3 is 2.71 bits per heavy atom. The Bertz CT molecular complexity index is 661. The summed E-state index contributed by atoms with van der Waals surface area (Å²) in [6.07, 6.45) is -0.00143. The Labute approximate surface area is 120 Å². The Morgan fingerprint density at radius 2 is 2.14 bits per heavy atom. The van der Waals surface area contributed by atoms with Crippen LogP contribution >= 0.6 is 0 Å². The largest absolute Gasteiger partial charge is 0.493 e. The third-order valence-corrected chi connectivity index (χ3v) is 3.08. The molecule has 1 fully saturated rings. The van der Waals surface area contributed by atoms with Crippen LogP contribution in [0.3, 0.4) is 0 Å². The predicted octanol–water partition coefficient (Wildman–Crippen LogP) is 1.83. The Hall–Kier alpha value is -2.54. The van der Waals surface area contributed by atoms with Crippen molar-refractivity contribution in [1.29, 1.82) is 0 Å². The van der Waals surface area contributed by atoms with Crippen LogP contribution in [0, 0.1) is 0 Å². The molecule has 0 spiro atoms. The fraction of sp³-hybridized carbons (Fsp3) is 0.286. The van der Waals surface area contributed by atoms with Crippen molar-refractivity contribution in [3.8, 4) is 22.8 Å². The molecule has 0 bridgehead atoms. The lowest BCUT2D eigenvalue weighted by molar-refractivity contribution is -0.0803. The highest BCUT2D eigenvalue weighted by molar-refractivity contribution is 5.86. The standard InChI is InChI=1S/C14H13NO6/c1-18-11-3-2-8(4-13(11)20-9-6-19-7-9)12-5-10(14(16)17)15-21-12/h2-5,9H,6-7H2,1H3,(H,16,17). The molecule has 3 rings (SSSR count). The van der Waals surface area contributed by atoms with E-state index in [-0.39, 0.29) is 11.8 Å². The van der Waals surface area contributed by atoms with Gasteiger partial charge in [0.1, 0.15) is 6.10 Å². The van der Waals surface area contributed by atoms with Crippen LogP contribution in [-0.2, 0) is 4.74 Å². The highest BCUT2D eigenvalue weighted by Crippen LogP contribution is 2.34. The van der Waals surface area contributed by atoms with Gasteiger partial charge in [-0.3, -0.25) is 0 Å². The fourth-order valence-electron chi connectivity index (χ4n) is 1.90. The van der Waals surface area contributed by atoms with Crippen molar-refractivity contribution >= 4 is 5.97 Å². The van der Waals surface area contributed by atoms with Crippen LogP contribution in [0.2, 0.25) is 0 Å². The number of hydrogen-bond acceptors (Lipinski definition) is 6. The highest BCUT2D eigenvalue weighted by Gasteiger charge is 2.22. The van der Waals surface area contributed by atoms with Crippen molar-refractivity contribution in [1.82, 2.24) is 5.16 Å². The monoisotopic (exact) mass is 291 g/mol. The highest BCUT2D eigenvalue weighted by atomic mass is 16.6. The molecule has 1 N–H and O–H groups in total. The molecule has 2 heterocycles. The second-order valence-electron chi connectivity index (χ2n) is 4.52. The minimum Gasteiger partial charge on any atom is -0.493 e. The van der Waals surface area contributed by atoms with Gasteiger partial charge in [-0.1, -0.05) is 5.16 Å². The quantitative estimate of drug-likeness (QED) is 0.898. The van der Waals surface area contributed by atoms with Crippen molar-refractivity contribution < 1.29 is 28.6 Å². The maximum absolute atomic E-state index is 10.8. The maximum Gasteiger partial charge on any atom is 0.358 e.